The fourth-order valence-corrected chi connectivity index (χ4v) is 1.63. The van der Waals surface area contributed by atoms with E-state index >= 15 is 0 Å². The lowest BCUT2D eigenvalue weighted by molar-refractivity contribution is -0.119. The Balaban J connectivity index is 2.15. The summed E-state index contributed by atoms with van der Waals surface area (Å²) in [6.07, 6.45) is 0. The van der Waals surface area contributed by atoms with E-state index in [-0.39, 0.29) is 0 Å². The largest absolute Gasteiger partial charge is 0.308 e. The number of ketones is 1. The number of carbonyl (C=O) groups is 1. The van der Waals surface area contributed by atoms with E-state index in [9.17, 15) is 4.79 Å². The van der Waals surface area contributed by atoms with Gasteiger partial charge in [0.1, 0.15) is 0 Å². The molecule has 88 valence electrons. The van der Waals surface area contributed by atoms with Crippen LogP contribution in [-0.2, 0) is 4.79 Å². The van der Waals surface area contributed by atoms with E-state index in [1.54, 1.807) is 0 Å². The highest BCUT2D eigenvalue weighted by Gasteiger charge is 2.16. The van der Waals surface area contributed by atoms with Gasteiger partial charge in [0.2, 0.25) is 0 Å². The van der Waals surface area contributed by atoms with Crippen molar-refractivity contribution in [1.82, 2.24) is 15.1 Å². The molecule has 1 N–H and O–H groups in total. The van der Waals surface area contributed by atoms with Crippen molar-refractivity contribution in [3.8, 4) is 0 Å². The molecule has 15 heavy (non-hydrogen) atoms. The highest BCUT2D eigenvalue weighted by molar-refractivity contribution is 5.82. The Hall–Kier alpha value is -0.450. The standard InChI is InChI=1S/C11H23N3O/c1-10(2)12-8-11(15)9-14-6-4-13(3)5-7-14/h10,12H,4-9H2,1-3H3. The van der Waals surface area contributed by atoms with E-state index in [0.29, 0.717) is 24.9 Å². The van der Waals surface area contributed by atoms with Gasteiger partial charge in [-0.15, -0.1) is 0 Å². The van der Waals surface area contributed by atoms with Crippen molar-refractivity contribution in [3.63, 3.8) is 0 Å². The molecule has 1 rings (SSSR count). The second-order valence-electron chi connectivity index (χ2n) is 4.65. The van der Waals surface area contributed by atoms with Gasteiger partial charge in [0.25, 0.3) is 0 Å². The van der Waals surface area contributed by atoms with Gasteiger partial charge in [0.05, 0.1) is 13.1 Å². The molecule has 1 heterocycles. The van der Waals surface area contributed by atoms with Crippen molar-refractivity contribution in [2.24, 2.45) is 0 Å². The number of piperazine rings is 1. The number of nitrogens with one attached hydrogen (secondary N) is 1. The molecule has 0 aromatic carbocycles. The Kier molecular flexibility index (Phi) is 5.22. The highest BCUT2D eigenvalue weighted by atomic mass is 16.1. The van der Waals surface area contributed by atoms with Crippen molar-refractivity contribution in [2.45, 2.75) is 19.9 Å². The average Bonchev–Trinajstić information content (AvgIpc) is 2.19. The van der Waals surface area contributed by atoms with E-state index in [1.165, 1.54) is 0 Å². The molecule has 0 radical (unpaired) electrons. The van der Waals surface area contributed by atoms with Crippen LogP contribution in [0.1, 0.15) is 13.8 Å². The number of hydrogen-bond donors (Lipinski definition) is 1. The van der Waals surface area contributed by atoms with Crippen LogP contribution in [0.15, 0.2) is 0 Å². The first kappa shape index (κ1) is 12.6. The summed E-state index contributed by atoms with van der Waals surface area (Å²) in [6.45, 7) is 9.41. The van der Waals surface area contributed by atoms with Gasteiger partial charge in [-0.1, -0.05) is 13.8 Å². The Bertz CT molecular complexity index is 198. The molecule has 4 nitrogen and oxygen atoms in total. The van der Waals surface area contributed by atoms with E-state index in [2.05, 4.69) is 36.0 Å². The van der Waals surface area contributed by atoms with Crippen LogP contribution >= 0.6 is 0 Å². The zero-order chi connectivity index (χ0) is 11.3. The summed E-state index contributed by atoms with van der Waals surface area (Å²) in [5.74, 6) is 0.299. The Morgan fingerprint density at radius 1 is 1.27 bits per heavy atom. The molecule has 0 atom stereocenters. The fraction of sp³-hybridized carbons (Fsp3) is 0.909. The predicted octanol–water partition coefficient (Wildman–Crippen LogP) is -0.199. The first-order valence-electron chi connectivity index (χ1n) is 5.74. The lowest BCUT2D eigenvalue weighted by Gasteiger charge is -2.31. The van der Waals surface area contributed by atoms with Crippen molar-refractivity contribution in [1.29, 1.82) is 0 Å². The van der Waals surface area contributed by atoms with Gasteiger partial charge in [0.15, 0.2) is 5.78 Å². The summed E-state index contributed by atoms with van der Waals surface area (Å²) in [5, 5.41) is 3.16. The van der Waals surface area contributed by atoms with E-state index < -0.39 is 0 Å². The molecule has 1 fully saturated rings. The summed E-state index contributed by atoms with van der Waals surface area (Å²) in [6, 6.07) is 0.390. The Morgan fingerprint density at radius 2 is 1.87 bits per heavy atom. The molecule has 0 amide bonds. The summed E-state index contributed by atoms with van der Waals surface area (Å²) >= 11 is 0. The van der Waals surface area contributed by atoms with Crippen molar-refractivity contribution in [2.75, 3.05) is 46.3 Å². The molecule has 1 aliphatic rings. The average molecular weight is 213 g/mol. The highest BCUT2D eigenvalue weighted by Crippen LogP contribution is 1.98. The van der Waals surface area contributed by atoms with Crippen molar-refractivity contribution in [3.05, 3.63) is 0 Å². The Morgan fingerprint density at radius 3 is 2.40 bits per heavy atom. The lowest BCUT2D eigenvalue weighted by atomic mass is 10.2. The van der Waals surface area contributed by atoms with Crippen LogP contribution in [0.4, 0.5) is 0 Å². The monoisotopic (exact) mass is 213 g/mol. The second-order valence-corrected chi connectivity index (χ2v) is 4.65. The zero-order valence-corrected chi connectivity index (χ0v) is 10.1. The number of rotatable bonds is 5. The van der Waals surface area contributed by atoms with E-state index in [0.717, 1.165) is 26.2 Å². The second kappa shape index (κ2) is 6.20. The van der Waals surface area contributed by atoms with Crippen LogP contribution in [0, 0.1) is 0 Å². The summed E-state index contributed by atoms with van der Waals surface area (Å²) < 4.78 is 0. The van der Waals surface area contributed by atoms with Crippen LogP contribution < -0.4 is 5.32 Å². The molecular weight excluding hydrogens is 190 g/mol. The van der Waals surface area contributed by atoms with Gasteiger partial charge < -0.3 is 10.2 Å². The fourth-order valence-electron chi connectivity index (χ4n) is 1.63. The van der Waals surface area contributed by atoms with E-state index in [4.69, 9.17) is 0 Å². The topological polar surface area (TPSA) is 35.6 Å². The van der Waals surface area contributed by atoms with Crippen LogP contribution in [0.3, 0.4) is 0 Å². The summed E-state index contributed by atoms with van der Waals surface area (Å²) in [4.78, 5) is 16.1. The van der Waals surface area contributed by atoms with Gasteiger partial charge in [0, 0.05) is 32.2 Å². The molecule has 0 aliphatic carbocycles. The minimum atomic E-state index is 0.299. The van der Waals surface area contributed by atoms with Gasteiger partial charge in [-0.05, 0) is 7.05 Å². The molecular formula is C11H23N3O. The van der Waals surface area contributed by atoms with Crippen LogP contribution in [-0.4, -0.2) is 67.9 Å². The van der Waals surface area contributed by atoms with Crippen molar-refractivity contribution < 1.29 is 4.79 Å². The minimum Gasteiger partial charge on any atom is -0.308 e. The van der Waals surface area contributed by atoms with Gasteiger partial charge in [-0.3, -0.25) is 9.69 Å². The molecule has 1 aliphatic heterocycles. The number of nitrogens with zero attached hydrogens (tertiary/aromatic N) is 2. The minimum absolute atomic E-state index is 0.299. The van der Waals surface area contributed by atoms with E-state index in [1.807, 2.05) is 0 Å². The third kappa shape index (κ3) is 5.25. The van der Waals surface area contributed by atoms with Gasteiger partial charge in [-0.2, -0.15) is 0 Å². The maximum absolute atomic E-state index is 11.6. The SMILES string of the molecule is CC(C)NCC(=O)CN1CCN(C)CC1. The molecule has 0 aromatic rings. The molecule has 0 saturated carbocycles. The summed E-state index contributed by atoms with van der Waals surface area (Å²) in [5.41, 5.74) is 0. The van der Waals surface area contributed by atoms with Crippen LogP contribution in [0.25, 0.3) is 0 Å². The third-order valence-corrected chi connectivity index (χ3v) is 2.70. The number of hydrogen-bond acceptors (Lipinski definition) is 4. The Labute approximate surface area is 92.6 Å². The molecule has 0 aromatic heterocycles. The molecule has 0 spiro atoms. The summed E-state index contributed by atoms with van der Waals surface area (Å²) in [7, 11) is 2.12. The predicted molar refractivity (Wildman–Crippen MR) is 62.1 cm³/mol. The number of Topliss-reactive ketones (excluding diaryl/α,β-unsaturated/α-hetero) is 1. The lowest BCUT2D eigenvalue weighted by Crippen LogP contribution is -2.47. The normalized spacial score (nSPS) is 19.7. The number of likely N-dealkylation sites (N-methyl/N-ethyl adjacent to an activating group) is 1. The smallest absolute Gasteiger partial charge is 0.160 e. The van der Waals surface area contributed by atoms with Crippen LogP contribution in [0.2, 0.25) is 0 Å². The number of carbonyl (C=O) groups excluding carboxylic acids is 1. The van der Waals surface area contributed by atoms with Gasteiger partial charge in [-0.25, -0.2) is 0 Å². The van der Waals surface area contributed by atoms with Crippen molar-refractivity contribution >= 4 is 5.78 Å². The van der Waals surface area contributed by atoms with Crippen LogP contribution in [0.5, 0.6) is 0 Å². The molecule has 0 bridgehead atoms. The third-order valence-electron chi connectivity index (χ3n) is 2.70. The first-order chi connectivity index (χ1) is 7.08. The quantitative estimate of drug-likeness (QED) is 0.686. The first-order valence-corrected chi connectivity index (χ1v) is 5.74. The zero-order valence-electron chi connectivity index (χ0n) is 10.1. The van der Waals surface area contributed by atoms with Gasteiger partial charge >= 0.3 is 0 Å². The maximum Gasteiger partial charge on any atom is 0.160 e. The maximum atomic E-state index is 11.6. The molecule has 0 unspecified atom stereocenters. The molecule has 4 heteroatoms. The molecule has 1 saturated heterocycles.